The number of aromatic carboxylic acids is 1. The van der Waals surface area contributed by atoms with Crippen molar-refractivity contribution in [1.82, 2.24) is 5.32 Å². The summed E-state index contributed by atoms with van der Waals surface area (Å²) in [6, 6.07) is 10.4. The third kappa shape index (κ3) is 3.72. The summed E-state index contributed by atoms with van der Waals surface area (Å²) >= 11 is 6.93. The summed E-state index contributed by atoms with van der Waals surface area (Å²) in [5.41, 5.74) is 0.330. The van der Waals surface area contributed by atoms with E-state index in [2.05, 4.69) is 10.3 Å². The van der Waals surface area contributed by atoms with Crippen molar-refractivity contribution in [2.24, 2.45) is 4.99 Å². The van der Waals surface area contributed by atoms with Gasteiger partial charge >= 0.3 is 5.97 Å². The molecule has 8 heteroatoms. The minimum absolute atomic E-state index is 0.0134. The van der Waals surface area contributed by atoms with Crippen molar-refractivity contribution in [3.63, 3.8) is 0 Å². The van der Waals surface area contributed by atoms with Gasteiger partial charge in [0.25, 0.3) is 5.91 Å². The molecule has 1 amide bonds. The SMILES string of the molecule is O=C1NC(=Nc2ccccc2C(=O)O)SC1=Cc1c(F)cccc1Cl. The van der Waals surface area contributed by atoms with Gasteiger partial charge in [-0.1, -0.05) is 29.8 Å². The van der Waals surface area contributed by atoms with Crippen LogP contribution in [0.25, 0.3) is 6.08 Å². The van der Waals surface area contributed by atoms with E-state index in [0.29, 0.717) is 0 Å². The fraction of sp³-hybridized carbons (Fsp3) is 0. The summed E-state index contributed by atoms with van der Waals surface area (Å²) in [6.45, 7) is 0. The highest BCUT2D eigenvalue weighted by molar-refractivity contribution is 8.18. The molecule has 1 saturated heterocycles. The Kier molecular flexibility index (Phi) is 4.87. The fourth-order valence-corrected chi connectivity index (χ4v) is 3.16. The first-order valence-electron chi connectivity index (χ1n) is 7.01. The van der Waals surface area contributed by atoms with Crippen LogP contribution in [-0.2, 0) is 4.79 Å². The molecule has 0 bridgehead atoms. The van der Waals surface area contributed by atoms with E-state index in [0.717, 1.165) is 11.8 Å². The van der Waals surface area contributed by atoms with Crippen LogP contribution in [-0.4, -0.2) is 22.2 Å². The highest BCUT2D eigenvalue weighted by atomic mass is 35.5. The number of hydrogen-bond donors (Lipinski definition) is 2. The number of aliphatic imine (C=N–C) groups is 1. The maximum Gasteiger partial charge on any atom is 0.337 e. The molecule has 0 radical (unpaired) electrons. The van der Waals surface area contributed by atoms with Gasteiger partial charge < -0.3 is 10.4 Å². The first-order chi connectivity index (χ1) is 12.0. The number of hydrogen-bond acceptors (Lipinski definition) is 4. The Labute approximate surface area is 151 Å². The monoisotopic (exact) mass is 376 g/mol. The molecule has 0 aromatic heterocycles. The van der Waals surface area contributed by atoms with Gasteiger partial charge in [0, 0.05) is 5.56 Å². The van der Waals surface area contributed by atoms with Crippen molar-refractivity contribution in [1.29, 1.82) is 0 Å². The summed E-state index contributed by atoms with van der Waals surface area (Å²) in [5.74, 6) is -2.13. The lowest BCUT2D eigenvalue weighted by molar-refractivity contribution is -0.115. The number of carbonyl (C=O) groups is 2. The Morgan fingerprint density at radius 3 is 2.72 bits per heavy atom. The van der Waals surface area contributed by atoms with Crippen LogP contribution in [0.5, 0.6) is 0 Å². The molecular weight excluding hydrogens is 367 g/mol. The van der Waals surface area contributed by atoms with Crippen molar-refractivity contribution in [2.75, 3.05) is 0 Å². The fourth-order valence-electron chi connectivity index (χ4n) is 2.12. The lowest BCUT2D eigenvalue weighted by Crippen LogP contribution is -2.19. The van der Waals surface area contributed by atoms with Gasteiger partial charge in [-0.15, -0.1) is 0 Å². The molecule has 126 valence electrons. The average molecular weight is 377 g/mol. The molecule has 1 heterocycles. The van der Waals surface area contributed by atoms with Gasteiger partial charge in [-0.25, -0.2) is 14.2 Å². The van der Waals surface area contributed by atoms with E-state index < -0.39 is 17.7 Å². The minimum Gasteiger partial charge on any atom is -0.478 e. The van der Waals surface area contributed by atoms with Crippen molar-refractivity contribution in [3.8, 4) is 0 Å². The molecule has 3 rings (SSSR count). The summed E-state index contributed by atoms with van der Waals surface area (Å²) in [5, 5.41) is 12.1. The van der Waals surface area contributed by atoms with Crippen LogP contribution in [0.1, 0.15) is 15.9 Å². The number of para-hydroxylation sites is 1. The van der Waals surface area contributed by atoms with Gasteiger partial charge in [0.15, 0.2) is 5.17 Å². The largest absolute Gasteiger partial charge is 0.478 e. The van der Waals surface area contributed by atoms with Crippen LogP contribution >= 0.6 is 23.4 Å². The zero-order valence-electron chi connectivity index (χ0n) is 12.5. The number of halogens is 2. The molecule has 5 nitrogen and oxygen atoms in total. The van der Waals surface area contributed by atoms with Gasteiger partial charge in [0.2, 0.25) is 0 Å². The number of thioether (sulfide) groups is 1. The first kappa shape index (κ1) is 17.2. The lowest BCUT2D eigenvalue weighted by atomic mass is 10.2. The van der Waals surface area contributed by atoms with Gasteiger partial charge in [-0.05, 0) is 42.1 Å². The maximum absolute atomic E-state index is 13.9. The van der Waals surface area contributed by atoms with Crippen LogP contribution in [0.15, 0.2) is 52.4 Å². The first-order valence-corrected chi connectivity index (χ1v) is 8.21. The molecule has 0 unspecified atom stereocenters. The predicted molar refractivity (Wildman–Crippen MR) is 95.6 cm³/mol. The van der Waals surface area contributed by atoms with Gasteiger partial charge in [0.05, 0.1) is 21.2 Å². The number of carbonyl (C=O) groups excluding carboxylic acids is 1. The Morgan fingerprint density at radius 1 is 1.24 bits per heavy atom. The second-order valence-electron chi connectivity index (χ2n) is 4.94. The highest BCUT2D eigenvalue weighted by Crippen LogP contribution is 2.31. The second-order valence-corrected chi connectivity index (χ2v) is 6.38. The Morgan fingerprint density at radius 2 is 2.00 bits per heavy atom. The van der Waals surface area contributed by atoms with E-state index in [4.69, 9.17) is 16.7 Å². The average Bonchev–Trinajstić information content (AvgIpc) is 2.91. The van der Waals surface area contributed by atoms with E-state index in [-0.39, 0.29) is 31.9 Å². The number of carboxylic acid groups (broad SMARTS) is 1. The van der Waals surface area contributed by atoms with Gasteiger partial charge in [-0.2, -0.15) is 0 Å². The van der Waals surface area contributed by atoms with Crippen LogP contribution in [0, 0.1) is 5.82 Å². The number of carboxylic acids is 1. The third-order valence-corrected chi connectivity index (χ3v) is 4.52. The van der Waals surface area contributed by atoms with E-state index in [1.54, 1.807) is 12.1 Å². The molecule has 0 atom stereocenters. The summed E-state index contributed by atoms with van der Waals surface area (Å²) in [7, 11) is 0. The van der Waals surface area contributed by atoms with Crippen LogP contribution < -0.4 is 5.32 Å². The molecule has 2 aromatic rings. The van der Waals surface area contributed by atoms with E-state index in [1.165, 1.54) is 36.4 Å². The molecular formula is C17H10ClFN2O3S. The topological polar surface area (TPSA) is 78.8 Å². The zero-order chi connectivity index (χ0) is 18.0. The number of amidine groups is 1. The van der Waals surface area contributed by atoms with E-state index in [1.807, 2.05) is 0 Å². The predicted octanol–water partition coefficient (Wildman–Crippen LogP) is 4.07. The molecule has 0 spiro atoms. The van der Waals surface area contributed by atoms with Crippen molar-refractivity contribution < 1.29 is 19.1 Å². The minimum atomic E-state index is -1.12. The Balaban J connectivity index is 1.94. The number of nitrogens with one attached hydrogen (secondary N) is 1. The normalized spacial score (nSPS) is 17.1. The molecule has 25 heavy (non-hydrogen) atoms. The van der Waals surface area contributed by atoms with Crippen molar-refractivity contribution in [3.05, 3.63) is 69.3 Å². The molecule has 0 saturated carbocycles. The third-order valence-electron chi connectivity index (χ3n) is 3.28. The molecule has 1 aliphatic rings. The van der Waals surface area contributed by atoms with Crippen molar-refractivity contribution in [2.45, 2.75) is 0 Å². The second kappa shape index (κ2) is 7.08. The molecule has 1 aliphatic heterocycles. The molecule has 1 fully saturated rings. The number of nitrogens with zero attached hydrogens (tertiary/aromatic N) is 1. The lowest BCUT2D eigenvalue weighted by Gasteiger charge is -2.01. The number of amides is 1. The van der Waals surface area contributed by atoms with E-state index in [9.17, 15) is 14.0 Å². The quantitative estimate of drug-likeness (QED) is 0.791. The number of rotatable bonds is 3. The Bertz CT molecular complexity index is 923. The zero-order valence-corrected chi connectivity index (χ0v) is 14.1. The van der Waals surface area contributed by atoms with Crippen LogP contribution in [0.4, 0.5) is 10.1 Å². The summed E-state index contributed by atoms with van der Waals surface area (Å²) < 4.78 is 13.9. The standard InChI is InChI=1S/C17H10ClFN2O3S/c18-11-5-3-6-12(19)10(11)8-14-15(22)21-17(25-14)20-13-7-2-1-4-9(13)16(23)24/h1-8H,(H,23,24)(H,20,21,22). The molecule has 0 aliphatic carbocycles. The summed E-state index contributed by atoms with van der Waals surface area (Å²) in [6.07, 6.45) is 1.34. The Hall–Kier alpha value is -2.64. The van der Waals surface area contributed by atoms with Gasteiger partial charge in [-0.3, -0.25) is 4.79 Å². The summed E-state index contributed by atoms with van der Waals surface area (Å²) in [4.78, 5) is 27.6. The van der Waals surface area contributed by atoms with E-state index >= 15 is 0 Å². The molecule has 2 aromatic carbocycles. The van der Waals surface area contributed by atoms with Gasteiger partial charge in [0.1, 0.15) is 5.82 Å². The van der Waals surface area contributed by atoms with Crippen molar-refractivity contribution >= 4 is 52.2 Å². The van der Waals surface area contributed by atoms with Crippen LogP contribution in [0.3, 0.4) is 0 Å². The smallest absolute Gasteiger partial charge is 0.337 e. The molecule has 2 N–H and O–H groups in total. The highest BCUT2D eigenvalue weighted by Gasteiger charge is 2.25. The van der Waals surface area contributed by atoms with Crippen LogP contribution in [0.2, 0.25) is 5.02 Å². The maximum atomic E-state index is 13.9. The number of benzene rings is 2.